The molecule has 1 aliphatic carbocycles. The van der Waals surface area contributed by atoms with Crippen molar-refractivity contribution in [2.24, 2.45) is 5.92 Å². The van der Waals surface area contributed by atoms with Gasteiger partial charge in [-0.2, -0.15) is 4.98 Å². The Balaban J connectivity index is 1.41. The zero-order valence-electron chi connectivity index (χ0n) is 17.0. The van der Waals surface area contributed by atoms with E-state index >= 15 is 0 Å². The third kappa shape index (κ3) is 4.87. The summed E-state index contributed by atoms with van der Waals surface area (Å²) in [4.78, 5) is 19.3. The first-order valence-corrected chi connectivity index (χ1v) is 10.3. The second-order valence-electron chi connectivity index (χ2n) is 7.82. The lowest BCUT2D eigenvalue weighted by Gasteiger charge is -2.33. The smallest absolute Gasteiger partial charge is 0.322 e. The van der Waals surface area contributed by atoms with Crippen LogP contribution in [0.4, 0.5) is 10.5 Å². The number of urea groups is 1. The fraction of sp³-hybridized carbons (Fsp3) is 0.571. The molecule has 1 atom stereocenters. The van der Waals surface area contributed by atoms with E-state index in [4.69, 9.17) is 14.0 Å². The van der Waals surface area contributed by atoms with Gasteiger partial charge in [0.2, 0.25) is 0 Å². The van der Waals surface area contributed by atoms with Crippen LogP contribution in [-0.4, -0.2) is 41.3 Å². The fourth-order valence-corrected chi connectivity index (χ4v) is 3.59. The molecule has 2 heterocycles. The molecule has 2 aromatic rings. The number of likely N-dealkylation sites (tertiary alicyclic amines) is 1. The van der Waals surface area contributed by atoms with Crippen LogP contribution in [-0.2, 0) is 11.3 Å². The van der Waals surface area contributed by atoms with Crippen molar-refractivity contribution in [1.82, 2.24) is 15.0 Å². The van der Waals surface area contributed by atoms with E-state index in [0.29, 0.717) is 30.8 Å². The van der Waals surface area contributed by atoms with Crippen LogP contribution in [0.3, 0.4) is 0 Å². The van der Waals surface area contributed by atoms with Crippen molar-refractivity contribution in [3.8, 4) is 5.75 Å². The van der Waals surface area contributed by atoms with Gasteiger partial charge in [0.15, 0.2) is 5.82 Å². The lowest BCUT2D eigenvalue weighted by Crippen LogP contribution is -2.41. The van der Waals surface area contributed by atoms with Crippen molar-refractivity contribution in [1.29, 1.82) is 0 Å². The third-order valence-corrected chi connectivity index (χ3v) is 5.50. The van der Waals surface area contributed by atoms with Crippen LogP contribution in [0.2, 0.25) is 0 Å². The van der Waals surface area contributed by atoms with Crippen molar-refractivity contribution < 1.29 is 18.8 Å². The van der Waals surface area contributed by atoms with Gasteiger partial charge >= 0.3 is 6.03 Å². The van der Waals surface area contributed by atoms with Gasteiger partial charge < -0.3 is 24.2 Å². The number of rotatable bonds is 7. The maximum absolute atomic E-state index is 13.0. The summed E-state index contributed by atoms with van der Waals surface area (Å²) < 4.78 is 16.2. The molecule has 4 rings (SSSR count). The molecule has 8 nitrogen and oxygen atoms in total. The molecule has 0 bridgehead atoms. The van der Waals surface area contributed by atoms with Crippen LogP contribution in [0.15, 0.2) is 22.7 Å². The van der Waals surface area contributed by atoms with Gasteiger partial charge in [0.1, 0.15) is 12.4 Å². The fourth-order valence-electron chi connectivity index (χ4n) is 3.59. The number of amides is 2. The van der Waals surface area contributed by atoms with Gasteiger partial charge in [-0.15, -0.1) is 0 Å². The third-order valence-electron chi connectivity index (χ3n) is 5.50. The molecule has 2 amide bonds. The first-order valence-electron chi connectivity index (χ1n) is 10.3. The molecule has 1 aromatic heterocycles. The van der Waals surface area contributed by atoms with E-state index in [1.54, 1.807) is 12.0 Å². The molecular weight excluding hydrogens is 372 g/mol. The molecule has 29 heavy (non-hydrogen) atoms. The maximum atomic E-state index is 13.0. The Hall–Kier alpha value is -2.61. The molecule has 1 saturated carbocycles. The molecule has 1 N–H and O–H groups in total. The summed E-state index contributed by atoms with van der Waals surface area (Å²) in [5.41, 5.74) is 1.71. The summed E-state index contributed by atoms with van der Waals surface area (Å²) in [7, 11) is 1.63. The average molecular weight is 400 g/mol. The Bertz CT molecular complexity index is 849. The van der Waals surface area contributed by atoms with E-state index in [2.05, 4.69) is 15.5 Å². The summed E-state index contributed by atoms with van der Waals surface area (Å²) in [5, 5.41) is 7.14. The number of aromatic nitrogens is 2. The topological polar surface area (TPSA) is 89.7 Å². The van der Waals surface area contributed by atoms with Crippen molar-refractivity contribution in [2.45, 2.75) is 51.7 Å². The quantitative estimate of drug-likeness (QED) is 0.753. The summed E-state index contributed by atoms with van der Waals surface area (Å²) in [6.07, 6.45) is 5.29. The molecular formula is C21H28N4O4. The summed E-state index contributed by atoms with van der Waals surface area (Å²) >= 11 is 0. The predicted molar refractivity (Wildman–Crippen MR) is 107 cm³/mol. The highest BCUT2D eigenvalue weighted by molar-refractivity contribution is 5.90. The van der Waals surface area contributed by atoms with Crippen LogP contribution in [0.1, 0.15) is 55.4 Å². The molecule has 1 unspecified atom stereocenters. The molecule has 1 saturated heterocycles. The number of hydrogen-bond donors (Lipinski definition) is 1. The first-order chi connectivity index (χ1) is 14.1. The molecule has 8 heteroatoms. The van der Waals surface area contributed by atoms with Gasteiger partial charge in [-0.3, -0.25) is 0 Å². The summed E-state index contributed by atoms with van der Waals surface area (Å²) in [6, 6.07) is 5.25. The van der Waals surface area contributed by atoms with Crippen LogP contribution in [0, 0.1) is 12.8 Å². The second-order valence-corrected chi connectivity index (χ2v) is 7.82. The molecule has 156 valence electrons. The minimum atomic E-state index is -0.191. The molecule has 2 fully saturated rings. The van der Waals surface area contributed by atoms with E-state index in [9.17, 15) is 4.79 Å². The maximum Gasteiger partial charge on any atom is 0.322 e. The van der Waals surface area contributed by atoms with Crippen LogP contribution in [0.5, 0.6) is 5.75 Å². The monoisotopic (exact) mass is 400 g/mol. The average Bonchev–Trinajstić information content (AvgIpc) is 3.44. The molecule has 1 aromatic carbocycles. The van der Waals surface area contributed by atoms with Crippen LogP contribution >= 0.6 is 0 Å². The van der Waals surface area contributed by atoms with Gasteiger partial charge in [0.25, 0.3) is 5.89 Å². The summed E-state index contributed by atoms with van der Waals surface area (Å²) in [5.74, 6) is 2.48. The first kappa shape index (κ1) is 19.7. The number of piperidine rings is 1. The normalized spacial score (nSPS) is 19.2. The van der Waals surface area contributed by atoms with Crippen molar-refractivity contribution in [3.63, 3.8) is 0 Å². The Morgan fingerprint density at radius 2 is 2.17 bits per heavy atom. The Labute approximate surface area is 170 Å². The van der Waals surface area contributed by atoms with Crippen molar-refractivity contribution in [3.05, 3.63) is 35.5 Å². The highest BCUT2D eigenvalue weighted by atomic mass is 16.5. The number of nitrogens with zero attached hydrogens (tertiary/aromatic N) is 3. The van der Waals surface area contributed by atoms with Gasteiger partial charge in [0, 0.05) is 12.2 Å². The number of nitrogens with one attached hydrogen (secondary N) is 1. The Morgan fingerprint density at radius 1 is 1.31 bits per heavy atom. The van der Waals surface area contributed by atoms with Gasteiger partial charge in [0.05, 0.1) is 19.8 Å². The van der Waals surface area contributed by atoms with Crippen molar-refractivity contribution >= 4 is 11.7 Å². The molecule has 0 spiro atoms. The highest BCUT2D eigenvalue weighted by Crippen LogP contribution is 2.31. The second kappa shape index (κ2) is 8.82. The predicted octanol–water partition coefficient (Wildman–Crippen LogP) is 4.07. The number of carbonyl (C=O) groups excluding carboxylic acids is 1. The Morgan fingerprint density at radius 3 is 2.93 bits per heavy atom. The van der Waals surface area contributed by atoms with Crippen molar-refractivity contribution in [2.75, 3.05) is 25.6 Å². The number of anilines is 1. The van der Waals surface area contributed by atoms with E-state index < -0.39 is 0 Å². The zero-order chi connectivity index (χ0) is 20.2. The number of aryl methyl sites for hydroxylation is 1. The van der Waals surface area contributed by atoms with E-state index in [0.717, 1.165) is 42.9 Å². The highest BCUT2D eigenvalue weighted by Gasteiger charge is 2.32. The minimum Gasteiger partial charge on any atom is -0.497 e. The number of hydrogen-bond acceptors (Lipinski definition) is 6. The lowest BCUT2D eigenvalue weighted by molar-refractivity contribution is 0.0894. The molecule has 0 radical (unpaired) electrons. The Kier molecular flexibility index (Phi) is 5.99. The minimum absolute atomic E-state index is 0.153. The van der Waals surface area contributed by atoms with E-state index in [1.807, 2.05) is 25.1 Å². The van der Waals surface area contributed by atoms with Crippen LogP contribution < -0.4 is 10.1 Å². The zero-order valence-corrected chi connectivity index (χ0v) is 17.0. The van der Waals surface area contributed by atoms with E-state index in [-0.39, 0.29) is 12.1 Å². The number of methoxy groups -OCH3 is 1. The number of ether oxygens (including phenoxy) is 2. The number of benzene rings is 1. The lowest BCUT2D eigenvalue weighted by atomic mass is 10.0. The van der Waals surface area contributed by atoms with Gasteiger partial charge in [-0.25, -0.2) is 4.79 Å². The molecule has 1 aliphatic heterocycles. The summed E-state index contributed by atoms with van der Waals surface area (Å²) in [6.45, 7) is 3.68. The largest absolute Gasteiger partial charge is 0.497 e. The molecule has 2 aliphatic rings. The standard InChI is InChI=1S/C21H28N4O4/c1-14-11-16(27-2)8-9-17(14)22-21(26)25-10-4-3-5-18(25)20-23-19(29-24-20)13-28-12-15-6-7-15/h8-9,11,15,18H,3-7,10,12-13H2,1-2H3,(H,22,26). The van der Waals surface area contributed by atoms with Crippen LogP contribution in [0.25, 0.3) is 0 Å². The SMILES string of the molecule is COc1ccc(NC(=O)N2CCCCC2c2noc(COCC3CC3)n2)c(C)c1. The van der Waals surface area contributed by atoms with Gasteiger partial charge in [-0.05, 0) is 68.7 Å². The van der Waals surface area contributed by atoms with E-state index in [1.165, 1.54) is 12.8 Å². The van der Waals surface area contributed by atoms with Gasteiger partial charge in [-0.1, -0.05) is 5.16 Å². The number of carbonyl (C=O) groups is 1.